The summed E-state index contributed by atoms with van der Waals surface area (Å²) in [6.45, 7) is 11.4. The molecular formula is C21H28N2O2. The van der Waals surface area contributed by atoms with Gasteiger partial charge >= 0.3 is 0 Å². The maximum Gasteiger partial charge on any atom is 0.293 e. The molecule has 0 bridgehead atoms. The van der Waals surface area contributed by atoms with Crippen LogP contribution in [0.4, 0.5) is 5.69 Å². The lowest BCUT2D eigenvalue weighted by Gasteiger charge is -2.15. The number of nitrogens with zero attached hydrogens (tertiary/aromatic N) is 1. The van der Waals surface area contributed by atoms with Gasteiger partial charge in [-0.15, -0.1) is 0 Å². The molecule has 0 saturated carbocycles. The van der Waals surface area contributed by atoms with Crippen LogP contribution in [0.5, 0.6) is 0 Å². The Morgan fingerprint density at radius 2 is 1.88 bits per heavy atom. The summed E-state index contributed by atoms with van der Waals surface area (Å²) in [5.41, 5.74) is 4.83. The summed E-state index contributed by atoms with van der Waals surface area (Å²) >= 11 is 0. The van der Waals surface area contributed by atoms with E-state index >= 15 is 0 Å². The molecule has 0 spiro atoms. The average molecular weight is 340 g/mol. The SMILES string of the molecule is CC(C)(C)OC=O.CC1(C)CNc2cc(Cc3ccccc3)cnc21. The van der Waals surface area contributed by atoms with Crippen molar-refractivity contribution in [1.82, 2.24) is 4.98 Å². The summed E-state index contributed by atoms with van der Waals surface area (Å²) in [7, 11) is 0. The van der Waals surface area contributed by atoms with E-state index in [1.165, 1.54) is 22.5 Å². The van der Waals surface area contributed by atoms with Gasteiger partial charge in [-0.05, 0) is 44.4 Å². The lowest BCUT2D eigenvalue weighted by molar-refractivity contribution is -0.138. The minimum Gasteiger partial charge on any atom is -0.462 e. The molecule has 1 aliphatic rings. The topological polar surface area (TPSA) is 51.2 Å². The molecule has 134 valence electrons. The van der Waals surface area contributed by atoms with Crippen LogP contribution in [-0.2, 0) is 21.4 Å². The van der Waals surface area contributed by atoms with Crippen molar-refractivity contribution < 1.29 is 9.53 Å². The van der Waals surface area contributed by atoms with Gasteiger partial charge in [0.1, 0.15) is 5.60 Å². The van der Waals surface area contributed by atoms with E-state index < -0.39 is 0 Å². The Morgan fingerprint density at radius 1 is 1.20 bits per heavy atom. The minimum atomic E-state index is -0.318. The largest absolute Gasteiger partial charge is 0.462 e. The van der Waals surface area contributed by atoms with E-state index in [0.29, 0.717) is 6.47 Å². The summed E-state index contributed by atoms with van der Waals surface area (Å²) in [4.78, 5) is 14.2. The van der Waals surface area contributed by atoms with E-state index in [9.17, 15) is 4.79 Å². The van der Waals surface area contributed by atoms with Crippen LogP contribution >= 0.6 is 0 Å². The fraction of sp³-hybridized carbons (Fsp3) is 0.429. The molecule has 4 heteroatoms. The molecule has 2 heterocycles. The quantitative estimate of drug-likeness (QED) is 0.845. The zero-order valence-corrected chi connectivity index (χ0v) is 15.8. The summed E-state index contributed by atoms with van der Waals surface area (Å²) in [6, 6.07) is 12.8. The molecule has 2 aromatic rings. The third-order valence-electron chi connectivity index (χ3n) is 3.96. The molecule has 3 rings (SSSR count). The van der Waals surface area contributed by atoms with Gasteiger partial charge in [0, 0.05) is 18.2 Å². The molecule has 0 saturated heterocycles. The molecule has 4 nitrogen and oxygen atoms in total. The first kappa shape index (κ1) is 19.0. The number of carbonyl (C=O) groups is 1. The lowest BCUT2D eigenvalue weighted by Crippen LogP contribution is -2.19. The number of hydrogen-bond acceptors (Lipinski definition) is 4. The third-order valence-corrected chi connectivity index (χ3v) is 3.96. The van der Waals surface area contributed by atoms with Gasteiger partial charge in [-0.25, -0.2) is 0 Å². The number of pyridine rings is 1. The van der Waals surface area contributed by atoms with Gasteiger partial charge in [-0.2, -0.15) is 0 Å². The van der Waals surface area contributed by atoms with Crippen molar-refractivity contribution in [3.05, 3.63) is 59.4 Å². The van der Waals surface area contributed by atoms with Gasteiger partial charge < -0.3 is 10.1 Å². The highest BCUT2D eigenvalue weighted by molar-refractivity contribution is 5.58. The number of fused-ring (bicyclic) bond motifs is 1. The highest BCUT2D eigenvalue weighted by Gasteiger charge is 2.31. The summed E-state index contributed by atoms with van der Waals surface area (Å²) in [6.07, 6.45) is 2.96. The minimum absolute atomic E-state index is 0.153. The summed E-state index contributed by atoms with van der Waals surface area (Å²) < 4.78 is 4.55. The van der Waals surface area contributed by atoms with Gasteiger partial charge in [-0.3, -0.25) is 9.78 Å². The second-order valence-electron chi connectivity index (χ2n) is 7.97. The first-order valence-corrected chi connectivity index (χ1v) is 8.60. The van der Waals surface area contributed by atoms with Crippen LogP contribution in [0.3, 0.4) is 0 Å². The zero-order valence-electron chi connectivity index (χ0n) is 15.8. The van der Waals surface area contributed by atoms with Crippen molar-refractivity contribution in [2.24, 2.45) is 0 Å². The Balaban J connectivity index is 0.000000277. The highest BCUT2D eigenvalue weighted by atomic mass is 16.5. The standard InChI is InChI=1S/C16H18N2.C5H10O2/c1-16(2)11-18-14-9-13(10-17-15(14)16)8-12-6-4-3-5-7-12;1-5(2,3)7-4-6/h3-7,9-10,18H,8,11H2,1-2H3;4H,1-3H3. The number of anilines is 1. The third kappa shape index (κ3) is 5.59. The fourth-order valence-electron chi connectivity index (χ4n) is 2.65. The first-order chi connectivity index (χ1) is 11.7. The second kappa shape index (κ2) is 7.68. The first-order valence-electron chi connectivity index (χ1n) is 8.60. The molecule has 1 aromatic heterocycles. The number of benzene rings is 1. The molecule has 0 aliphatic carbocycles. The molecule has 0 radical (unpaired) electrons. The van der Waals surface area contributed by atoms with Crippen molar-refractivity contribution in [2.45, 2.75) is 52.1 Å². The molecule has 1 aromatic carbocycles. The molecule has 0 atom stereocenters. The predicted octanol–water partition coefficient (Wildman–Crippen LogP) is 4.33. The van der Waals surface area contributed by atoms with Crippen LogP contribution in [0.15, 0.2) is 42.6 Å². The Kier molecular flexibility index (Phi) is 5.83. The van der Waals surface area contributed by atoms with Crippen molar-refractivity contribution in [3.63, 3.8) is 0 Å². The number of carbonyl (C=O) groups excluding carboxylic acids is 1. The number of nitrogens with one attached hydrogen (secondary N) is 1. The maximum atomic E-state index is 9.60. The van der Waals surface area contributed by atoms with Gasteiger partial charge in [0.2, 0.25) is 0 Å². The van der Waals surface area contributed by atoms with Crippen molar-refractivity contribution in [3.8, 4) is 0 Å². The normalized spacial score (nSPS) is 14.6. The Labute approximate surface area is 150 Å². The molecule has 1 aliphatic heterocycles. The van der Waals surface area contributed by atoms with Crippen LogP contribution in [0.25, 0.3) is 0 Å². The van der Waals surface area contributed by atoms with Gasteiger partial charge in [-0.1, -0.05) is 44.2 Å². The van der Waals surface area contributed by atoms with Gasteiger partial charge in [0.15, 0.2) is 0 Å². The van der Waals surface area contributed by atoms with Crippen LogP contribution in [-0.4, -0.2) is 23.6 Å². The zero-order chi connectivity index (χ0) is 18.5. The van der Waals surface area contributed by atoms with Crippen molar-refractivity contribution in [1.29, 1.82) is 0 Å². The maximum absolute atomic E-state index is 9.60. The summed E-state index contributed by atoms with van der Waals surface area (Å²) in [5.74, 6) is 0. The Bertz CT molecular complexity index is 704. The number of hydrogen-bond donors (Lipinski definition) is 1. The highest BCUT2D eigenvalue weighted by Crippen LogP contribution is 2.34. The van der Waals surface area contributed by atoms with Crippen LogP contribution in [0, 0.1) is 0 Å². The molecule has 0 amide bonds. The number of aromatic nitrogens is 1. The Morgan fingerprint density at radius 3 is 2.44 bits per heavy atom. The number of ether oxygens (including phenoxy) is 1. The van der Waals surface area contributed by atoms with E-state index in [1.54, 1.807) is 0 Å². The van der Waals surface area contributed by atoms with Crippen molar-refractivity contribution >= 4 is 12.2 Å². The molecule has 1 N–H and O–H groups in total. The van der Waals surface area contributed by atoms with Gasteiger partial charge in [0.05, 0.1) is 11.4 Å². The number of rotatable bonds is 3. The second-order valence-corrected chi connectivity index (χ2v) is 7.97. The molecule has 0 fully saturated rings. The monoisotopic (exact) mass is 340 g/mol. The van der Waals surface area contributed by atoms with Crippen LogP contribution < -0.4 is 5.32 Å². The van der Waals surface area contributed by atoms with E-state index in [-0.39, 0.29) is 11.0 Å². The van der Waals surface area contributed by atoms with E-state index in [4.69, 9.17) is 0 Å². The van der Waals surface area contributed by atoms with Crippen molar-refractivity contribution in [2.75, 3.05) is 11.9 Å². The Hall–Kier alpha value is -2.36. The van der Waals surface area contributed by atoms with Crippen LogP contribution in [0.1, 0.15) is 51.4 Å². The predicted molar refractivity (Wildman–Crippen MR) is 102 cm³/mol. The fourth-order valence-corrected chi connectivity index (χ4v) is 2.65. The lowest BCUT2D eigenvalue weighted by atomic mass is 9.91. The molecular weight excluding hydrogens is 312 g/mol. The summed E-state index contributed by atoms with van der Waals surface area (Å²) in [5, 5.41) is 3.45. The smallest absolute Gasteiger partial charge is 0.293 e. The molecule has 0 unspecified atom stereocenters. The van der Waals surface area contributed by atoms with E-state index in [2.05, 4.69) is 65.3 Å². The van der Waals surface area contributed by atoms with E-state index in [1.807, 2.05) is 27.0 Å². The van der Waals surface area contributed by atoms with Gasteiger partial charge in [0.25, 0.3) is 6.47 Å². The van der Waals surface area contributed by atoms with E-state index in [0.717, 1.165) is 13.0 Å². The average Bonchev–Trinajstić information content (AvgIpc) is 2.83. The molecule has 25 heavy (non-hydrogen) atoms. The van der Waals surface area contributed by atoms with Crippen LogP contribution in [0.2, 0.25) is 0 Å².